The second kappa shape index (κ2) is 11.7. The molecule has 1 amide bonds. The number of nitrogens with one attached hydrogen (secondary N) is 2. The molecule has 5 nitrogen and oxygen atoms in total. The van der Waals surface area contributed by atoms with Crippen LogP contribution in [0.5, 0.6) is 11.5 Å². The first kappa shape index (κ1) is 22.2. The van der Waals surface area contributed by atoms with Crippen LogP contribution in [0, 0.1) is 5.92 Å². The number of nitrogens with zero attached hydrogens (tertiary/aromatic N) is 1. The zero-order valence-electron chi connectivity index (χ0n) is 16.4. The maximum atomic E-state index is 12.5. The van der Waals surface area contributed by atoms with Gasteiger partial charge in [-0.3, -0.25) is 9.69 Å². The number of hydrogen-bond donors (Lipinski definition) is 2. The number of anilines is 1. The molecule has 2 aromatic rings. The summed E-state index contributed by atoms with van der Waals surface area (Å²) in [6.45, 7) is 3.48. The van der Waals surface area contributed by atoms with Crippen LogP contribution in [0.4, 0.5) is 5.69 Å². The second-order valence-corrected chi connectivity index (χ2v) is 7.07. The molecule has 1 aliphatic rings. The van der Waals surface area contributed by atoms with Crippen LogP contribution in [-0.4, -0.2) is 44.0 Å². The molecular weight excluding hydrogens is 374 g/mol. The van der Waals surface area contributed by atoms with Crippen molar-refractivity contribution in [1.29, 1.82) is 0 Å². The molecule has 1 fully saturated rings. The Kier molecular flexibility index (Phi) is 9.28. The molecule has 0 radical (unpaired) electrons. The van der Waals surface area contributed by atoms with E-state index in [0.29, 0.717) is 18.0 Å². The molecule has 2 aromatic carbocycles. The van der Waals surface area contributed by atoms with Gasteiger partial charge in [-0.15, -0.1) is 12.4 Å². The lowest BCUT2D eigenvalue weighted by molar-refractivity contribution is -0.117. The van der Waals surface area contributed by atoms with Crippen molar-refractivity contribution in [3.05, 3.63) is 54.6 Å². The van der Waals surface area contributed by atoms with Crippen molar-refractivity contribution in [2.45, 2.75) is 19.3 Å². The van der Waals surface area contributed by atoms with E-state index in [1.807, 2.05) is 61.6 Å². The number of benzene rings is 2. The SMILES string of the molecule is CNCCC1CCN(CC(=O)Nc2ccccc2Oc2ccccc2)CC1.Cl. The van der Waals surface area contributed by atoms with Gasteiger partial charge in [0.25, 0.3) is 0 Å². The molecule has 0 unspecified atom stereocenters. The molecule has 0 atom stereocenters. The summed E-state index contributed by atoms with van der Waals surface area (Å²) in [5.41, 5.74) is 0.704. The van der Waals surface area contributed by atoms with Crippen LogP contribution < -0.4 is 15.4 Å². The van der Waals surface area contributed by atoms with Crippen LogP contribution in [-0.2, 0) is 4.79 Å². The Balaban J connectivity index is 0.00000280. The summed E-state index contributed by atoms with van der Waals surface area (Å²) >= 11 is 0. The summed E-state index contributed by atoms with van der Waals surface area (Å²) in [6.07, 6.45) is 3.56. The van der Waals surface area contributed by atoms with Crippen molar-refractivity contribution < 1.29 is 9.53 Å². The van der Waals surface area contributed by atoms with E-state index in [1.165, 1.54) is 19.3 Å². The highest BCUT2D eigenvalue weighted by molar-refractivity contribution is 5.93. The monoisotopic (exact) mass is 403 g/mol. The normalized spacial score (nSPS) is 14.9. The lowest BCUT2D eigenvalue weighted by atomic mass is 9.93. The minimum absolute atomic E-state index is 0. The van der Waals surface area contributed by atoms with E-state index in [9.17, 15) is 4.79 Å². The van der Waals surface area contributed by atoms with E-state index >= 15 is 0 Å². The third-order valence-electron chi connectivity index (χ3n) is 5.01. The van der Waals surface area contributed by atoms with E-state index in [4.69, 9.17) is 4.74 Å². The average Bonchev–Trinajstić information content (AvgIpc) is 2.70. The lowest BCUT2D eigenvalue weighted by Crippen LogP contribution is -2.39. The van der Waals surface area contributed by atoms with Gasteiger partial charge in [0.15, 0.2) is 5.75 Å². The molecule has 152 valence electrons. The number of carbonyl (C=O) groups is 1. The maximum absolute atomic E-state index is 12.5. The van der Waals surface area contributed by atoms with E-state index in [1.54, 1.807) is 0 Å². The van der Waals surface area contributed by atoms with Crippen molar-refractivity contribution in [3.63, 3.8) is 0 Å². The first-order chi connectivity index (χ1) is 13.2. The molecule has 28 heavy (non-hydrogen) atoms. The number of carbonyl (C=O) groups excluding carboxylic acids is 1. The van der Waals surface area contributed by atoms with Crippen molar-refractivity contribution in [2.24, 2.45) is 5.92 Å². The van der Waals surface area contributed by atoms with Crippen molar-refractivity contribution in [3.8, 4) is 11.5 Å². The fourth-order valence-corrected chi connectivity index (χ4v) is 3.45. The minimum atomic E-state index is 0. The number of ether oxygens (including phenoxy) is 1. The highest BCUT2D eigenvalue weighted by atomic mass is 35.5. The van der Waals surface area contributed by atoms with Crippen LogP contribution in [0.1, 0.15) is 19.3 Å². The van der Waals surface area contributed by atoms with Crippen molar-refractivity contribution >= 4 is 24.0 Å². The van der Waals surface area contributed by atoms with Gasteiger partial charge in [0, 0.05) is 0 Å². The summed E-state index contributed by atoms with van der Waals surface area (Å²) in [5.74, 6) is 2.19. The predicted molar refractivity (Wildman–Crippen MR) is 117 cm³/mol. The van der Waals surface area contributed by atoms with Gasteiger partial charge in [-0.2, -0.15) is 0 Å². The second-order valence-electron chi connectivity index (χ2n) is 7.07. The van der Waals surface area contributed by atoms with Crippen LogP contribution in [0.3, 0.4) is 0 Å². The molecule has 2 N–H and O–H groups in total. The summed E-state index contributed by atoms with van der Waals surface area (Å²) in [5, 5.41) is 6.23. The largest absolute Gasteiger partial charge is 0.455 e. The van der Waals surface area contributed by atoms with E-state index in [2.05, 4.69) is 15.5 Å². The molecule has 1 heterocycles. The van der Waals surface area contributed by atoms with Crippen LogP contribution in [0.2, 0.25) is 0 Å². The third kappa shape index (κ3) is 6.82. The van der Waals surface area contributed by atoms with Gasteiger partial charge in [-0.25, -0.2) is 0 Å². The first-order valence-electron chi connectivity index (χ1n) is 9.73. The Labute approximate surface area is 173 Å². The van der Waals surface area contributed by atoms with Gasteiger partial charge in [0.2, 0.25) is 5.91 Å². The quantitative estimate of drug-likeness (QED) is 0.694. The van der Waals surface area contributed by atoms with Gasteiger partial charge >= 0.3 is 0 Å². The number of amides is 1. The van der Waals surface area contributed by atoms with Gasteiger partial charge in [0.05, 0.1) is 12.2 Å². The number of para-hydroxylation sites is 3. The number of halogens is 1. The van der Waals surface area contributed by atoms with Crippen LogP contribution in [0.15, 0.2) is 54.6 Å². The van der Waals surface area contributed by atoms with E-state index in [-0.39, 0.29) is 18.3 Å². The summed E-state index contributed by atoms with van der Waals surface area (Å²) in [4.78, 5) is 14.8. The molecule has 0 bridgehead atoms. The molecule has 3 rings (SSSR count). The predicted octanol–water partition coefficient (Wildman–Crippen LogP) is 4.16. The lowest BCUT2D eigenvalue weighted by Gasteiger charge is -2.31. The Morgan fingerprint density at radius 2 is 1.75 bits per heavy atom. The summed E-state index contributed by atoms with van der Waals surface area (Å²) in [6, 6.07) is 17.2. The molecule has 0 aliphatic carbocycles. The number of hydrogen-bond acceptors (Lipinski definition) is 4. The Morgan fingerprint density at radius 3 is 2.46 bits per heavy atom. The number of piperidine rings is 1. The molecular formula is C22H30ClN3O2. The maximum Gasteiger partial charge on any atom is 0.238 e. The minimum Gasteiger partial charge on any atom is -0.455 e. The van der Waals surface area contributed by atoms with Crippen LogP contribution >= 0.6 is 12.4 Å². The average molecular weight is 404 g/mol. The Morgan fingerprint density at radius 1 is 1.07 bits per heavy atom. The van der Waals surface area contributed by atoms with E-state index < -0.39 is 0 Å². The molecule has 0 spiro atoms. The molecule has 0 aromatic heterocycles. The Bertz CT molecular complexity index is 719. The van der Waals surface area contributed by atoms with Crippen molar-refractivity contribution in [2.75, 3.05) is 38.5 Å². The fraction of sp³-hybridized carbons (Fsp3) is 0.409. The van der Waals surface area contributed by atoms with Gasteiger partial charge in [-0.05, 0) is 76.1 Å². The summed E-state index contributed by atoms with van der Waals surface area (Å²) in [7, 11) is 2.00. The molecule has 1 saturated heterocycles. The highest BCUT2D eigenvalue weighted by Gasteiger charge is 2.20. The molecule has 0 saturated carbocycles. The van der Waals surface area contributed by atoms with Gasteiger partial charge in [-0.1, -0.05) is 30.3 Å². The van der Waals surface area contributed by atoms with Crippen molar-refractivity contribution in [1.82, 2.24) is 10.2 Å². The highest BCUT2D eigenvalue weighted by Crippen LogP contribution is 2.29. The zero-order chi connectivity index (χ0) is 18.9. The third-order valence-corrected chi connectivity index (χ3v) is 5.01. The van der Waals surface area contributed by atoms with Crippen LogP contribution in [0.25, 0.3) is 0 Å². The summed E-state index contributed by atoms with van der Waals surface area (Å²) < 4.78 is 5.92. The number of rotatable bonds is 8. The first-order valence-corrected chi connectivity index (χ1v) is 9.73. The van der Waals surface area contributed by atoms with E-state index in [0.717, 1.165) is 31.3 Å². The van der Waals surface area contributed by atoms with Gasteiger partial charge < -0.3 is 15.4 Å². The fourth-order valence-electron chi connectivity index (χ4n) is 3.45. The molecule has 1 aliphatic heterocycles. The molecule has 6 heteroatoms. The topological polar surface area (TPSA) is 53.6 Å². The van der Waals surface area contributed by atoms with Gasteiger partial charge in [0.1, 0.15) is 5.75 Å². The Hall–Kier alpha value is -2.08. The standard InChI is InChI=1S/C22H29N3O2.ClH/c1-23-14-11-18-12-15-25(16-13-18)17-22(26)24-20-9-5-6-10-21(20)27-19-7-3-2-4-8-19;/h2-10,18,23H,11-17H2,1H3,(H,24,26);1H. The number of likely N-dealkylation sites (tertiary alicyclic amines) is 1. The smallest absolute Gasteiger partial charge is 0.238 e. The zero-order valence-corrected chi connectivity index (χ0v) is 17.2.